The molecule has 0 aliphatic carbocycles. The van der Waals surface area contributed by atoms with Gasteiger partial charge >= 0.3 is 0 Å². The average molecular weight is 312 g/mol. The minimum absolute atomic E-state index is 0.103. The molecule has 0 aliphatic rings. The number of benzene rings is 2. The highest BCUT2D eigenvalue weighted by atomic mass is 16.6. The molecule has 2 N–H and O–H groups in total. The molecule has 23 heavy (non-hydrogen) atoms. The lowest BCUT2D eigenvalue weighted by Gasteiger charge is -2.07. The van der Waals surface area contributed by atoms with E-state index in [-0.39, 0.29) is 24.8 Å². The molecule has 0 heterocycles. The number of hydroxylamine groups is 1. The Morgan fingerprint density at radius 1 is 0.826 bits per heavy atom. The minimum Gasteiger partial charge on any atom is -0.355 e. The summed E-state index contributed by atoms with van der Waals surface area (Å²) in [5, 5.41) is 2.71. The predicted octanol–water partition coefficient (Wildman–Crippen LogP) is 1.98. The Hall–Kier alpha value is -2.66. The van der Waals surface area contributed by atoms with Gasteiger partial charge in [0, 0.05) is 13.0 Å². The van der Waals surface area contributed by atoms with Crippen LogP contribution < -0.4 is 10.8 Å². The molecule has 5 heteroatoms. The Labute approximate surface area is 135 Å². The first-order chi connectivity index (χ1) is 11.2. The monoisotopic (exact) mass is 312 g/mol. The van der Waals surface area contributed by atoms with Crippen LogP contribution in [-0.4, -0.2) is 18.4 Å². The van der Waals surface area contributed by atoms with Crippen LogP contribution in [0.5, 0.6) is 0 Å². The van der Waals surface area contributed by atoms with Crippen LogP contribution in [0.2, 0.25) is 0 Å². The highest BCUT2D eigenvalue weighted by Gasteiger charge is 2.05. The summed E-state index contributed by atoms with van der Waals surface area (Å²) in [5.41, 5.74) is 4.29. The second-order valence-corrected chi connectivity index (χ2v) is 5.06. The van der Waals surface area contributed by atoms with Crippen molar-refractivity contribution in [1.29, 1.82) is 0 Å². The van der Waals surface area contributed by atoms with Crippen molar-refractivity contribution in [2.75, 3.05) is 6.54 Å². The van der Waals surface area contributed by atoms with Crippen molar-refractivity contribution in [1.82, 2.24) is 10.8 Å². The van der Waals surface area contributed by atoms with Crippen molar-refractivity contribution < 1.29 is 14.4 Å². The zero-order valence-corrected chi connectivity index (χ0v) is 12.8. The second-order valence-electron chi connectivity index (χ2n) is 5.06. The molecule has 0 unspecified atom stereocenters. The molecule has 0 aromatic heterocycles. The highest BCUT2D eigenvalue weighted by molar-refractivity contribution is 5.80. The average Bonchev–Trinajstić information content (AvgIpc) is 2.57. The molecule has 2 rings (SSSR count). The molecular weight excluding hydrogens is 292 g/mol. The van der Waals surface area contributed by atoms with Crippen LogP contribution in [0.4, 0.5) is 0 Å². The topological polar surface area (TPSA) is 67.4 Å². The smallest absolute Gasteiger partial charge is 0.245 e. The largest absolute Gasteiger partial charge is 0.355 e. The maximum Gasteiger partial charge on any atom is 0.245 e. The van der Waals surface area contributed by atoms with E-state index in [1.54, 1.807) is 0 Å². The van der Waals surface area contributed by atoms with E-state index in [1.165, 1.54) is 0 Å². The molecule has 0 bridgehead atoms. The SMILES string of the molecule is O=C(Cc1ccccc1)NCCC(=O)NOCc1ccccc1. The summed E-state index contributed by atoms with van der Waals surface area (Å²) in [4.78, 5) is 28.4. The van der Waals surface area contributed by atoms with Gasteiger partial charge in [0.1, 0.15) is 0 Å². The Morgan fingerprint density at radius 3 is 2.09 bits per heavy atom. The fraction of sp³-hybridized carbons (Fsp3) is 0.222. The molecule has 2 aromatic carbocycles. The van der Waals surface area contributed by atoms with Gasteiger partial charge in [-0.05, 0) is 11.1 Å². The van der Waals surface area contributed by atoms with Crippen LogP contribution >= 0.6 is 0 Å². The molecule has 5 nitrogen and oxygen atoms in total. The summed E-state index contributed by atoms with van der Waals surface area (Å²) in [6.07, 6.45) is 0.488. The van der Waals surface area contributed by atoms with E-state index in [1.807, 2.05) is 60.7 Å². The molecule has 0 saturated heterocycles. The Kier molecular flexibility index (Phi) is 6.81. The van der Waals surface area contributed by atoms with E-state index in [0.717, 1.165) is 11.1 Å². The first-order valence-electron chi connectivity index (χ1n) is 7.49. The fourth-order valence-electron chi connectivity index (χ4n) is 1.98. The number of carbonyl (C=O) groups is 2. The van der Waals surface area contributed by atoms with Crippen LogP contribution in [0.3, 0.4) is 0 Å². The van der Waals surface area contributed by atoms with Crippen LogP contribution in [0.1, 0.15) is 17.5 Å². The number of rotatable bonds is 8. The van der Waals surface area contributed by atoms with Crippen molar-refractivity contribution in [3.63, 3.8) is 0 Å². The standard InChI is InChI=1S/C18H20N2O3/c21-17(20-23-14-16-9-5-2-6-10-16)11-12-19-18(22)13-15-7-3-1-4-8-15/h1-10H,11-14H2,(H,19,22)(H,20,21). The summed E-state index contributed by atoms with van der Waals surface area (Å²) >= 11 is 0. The van der Waals surface area contributed by atoms with Crippen molar-refractivity contribution >= 4 is 11.8 Å². The molecular formula is C18H20N2O3. The molecule has 0 radical (unpaired) electrons. The normalized spacial score (nSPS) is 10.1. The molecule has 0 fully saturated rings. The van der Waals surface area contributed by atoms with Crippen molar-refractivity contribution in [3.05, 3.63) is 71.8 Å². The lowest BCUT2D eigenvalue weighted by atomic mass is 10.1. The van der Waals surface area contributed by atoms with Gasteiger partial charge in [0.25, 0.3) is 0 Å². The molecule has 0 atom stereocenters. The third-order valence-corrected chi connectivity index (χ3v) is 3.15. The zero-order valence-electron chi connectivity index (χ0n) is 12.8. The van der Waals surface area contributed by atoms with Gasteiger partial charge in [-0.15, -0.1) is 0 Å². The molecule has 2 aromatic rings. The van der Waals surface area contributed by atoms with Gasteiger partial charge in [-0.25, -0.2) is 5.48 Å². The number of nitrogens with one attached hydrogen (secondary N) is 2. The second kappa shape index (κ2) is 9.38. The lowest BCUT2D eigenvalue weighted by Crippen LogP contribution is -2.31. The maximum absolute atomic E-state index is 11.7. The van der Waals surface area contributed by atoms with Crippen LogP contribution in [0.25, 0.3) is 0 Å². The van der Waals surface area contributed by atoms with Gasteiger partial charge in [0.05, 0.1) is 13.0 Å². The molecule has 2 amide bonds. The van der Waals surface area contributed by atoms with Crippen LogP contribution in [0.15, 0.2) is 60.7 Å². The number of amides is 2. The number of hydrogen-bond acceptors (Lipinski definition) is 3. The van der Waals surface area contributed by atoms with E-state index in [0.29, 0.717) is 13.0 Å². The first-order valence-corrected chi connectivity index (χ1v) is 7.49. The highest BCUT2D eigenvalue weighted by Crippen LogP contribution is 2.00. The molecule has 0 spiro atoms. The van der Waals surface area contributed by atoms with E-state index < -0.39 is 0 Å². The van der Waals surface area contributed by atoms with Crippen LogP contribution in [-0.2, 0) is 27.5 Å². The summed E-state index contributed by atoms with van der Waals surface area (Å²) in [5.74, 6) is -0.366. The molecule has 120 valence electrons. The van der Waals surface area contributed by atoms with Crippen molar-refractivity contribution in [3.8, 4) is 0 Å². The van der Waals surface area contributed by atoms with Crippen LogP contribution in [0, 0.1) is 0 Å². The quantitative estimate of drug-likeness (QED) is 0.733. The third-order valence-electron chi connectivity index (χ3n) is 3.15. The summed E-state index contributed by atoms with van der Waals surface area (Å²) in [6, 6.07) is 19.0. The Balaban J connectivity index is 1.56. The first kappa shape index (κ1) is 16.7. The van der Waals surface area contributed by atoms with Gasteiger partial charge in [0.2, 0.25) is 11.8 Å². The fourth-order valence-corrected chi connectivity index (χ4v) is 1.98. The Morgan fingerprint density at radius 2 is 1.43 bits per heavy atom. The lowest BCUT2D eigenvalue weighted by molar-refractivity contribution is -0.134. The zero-order chi connectivity index (χ0) is 16.3. The summed E-state index contributed by atoms with van der Waals surface area (Å²) in [7, 11) is 0. The van der Waals surface area contributed by atoms with Gasteiger partial charge in [-0.3, -0.25) is 14.4 Å². The third kappa shape index (κ3) is 6.76. The molecule has 0 saturated carbocycles. The van der Waals surface area contributed by atoms with Gasteiger partial charge in [0.15, 0.2) is 0 Å². The van der Waals surface area contributed by atoms with Gasteiger partial charge in [-0.2, -0.15) is 0 Å². The Bertz CT molecular complexity index is 615. The van der Waals surface area contributed by atoms with E-state index in [9.17, 15) is 9.59 Å². The predicted molar refractivity (Wildman–Crippen MR) is 87.1 cm³/mol. The molecule has 0 aliphatic heterocycles. The summed E-state index contributed by atoms with van der Waals surface area (Å²) in [6.45, 7) is 0.596. The van der Waals surface area contributed by atoms with Gasteiger partial charge < -0.3 is 5.32 Å². The van der Waals surface area contributed by atoms with E-state index in [4.69, 9.17) is 4.84 Å². The van der Waals surface area contributed by atoms with Gasteiger partial charge in [-0.1, -0.05) is 60.7 Å². The maximum atomic E-state index is 11.7. The summed E-state index contributed by atoms with van der Waals surface area (Å²) < 4.78 is 0. The van der Waals surface area contributed by atoms with Crippen molar-refractivity contribution in [2.24, 2.45) is 0 Å². The number of hydrogen-bond donors (Lipinski definition) is 2. The number of carbonyl (C=O) groups excluding carboxylic acids is 2. The van der Waals surface area contributed by atoms with E-state index in [2.05, 4.69) is 10.8 Å². The van der Waals surface area contributed by atoms with E-state index >= 15 is 0 Å². The van der Waals surface area contributed by atoms with Crippen molar-refractivity contribution in [2.45, 2.75) is 19.4 Å². The minimum atomic E-state index is -0.263.